The fourth-order valence-electron chi connectivity index (χ4n) is 9.01. The van der Waals surface area contributed by atoms with E-state index >= 15 is 0 Å². The molecule has 4 aromatic rings. The van der Waals surface area contributed by atoms with Crippen LogP contribution >= 0.6 is 11.3 Å². The van der Waals surface area contributed by atoms with Crippen LogP contribution in [0.2, 0.25) is 0 Å². The standard InChI is InChI=1S/C49H66N8O7S/c1-11-22-56(42(59)27-54(13-3)41(58)12-2)44(30(5)6)46(60)52-37-25-40-51-38(28-65-40)32-19-20-39-34(24-32)35(45(55(39)14-4)33-17-15-21-50-43(33)31(7)63-10)26-49(8,9)29-64-48(62)36-18-16-23-57(53-36)47(37)61/h12,15,17,19-21,24,28,30-31,36-37,44,53H,2,11,13-14,16,18,22-23,25-27,29H2,1,3-10H3,(H,52,60)/t31?,36-,37?,44?/m0/s1. The van der Waals surface area contributed by atoms with Crippen molar-refractivity contribution >= 4 is 51.8 Å². The van der Waals surface area contributed by atoms with Gasteiger partial charge in [0.25, 0.3) is 5.91 Å². The molecule has 1 fully saturated rings. The molecule has 6 bridgehead atoms. The minimum absolute atomic E-state index is 0.0615. The third-order valence-corrected chi connectivity index (χ3v) is 13.2. The summed E-state index contributed by atoms with van der Waals surface area (Å²) in [6.07, 6.45) is 4.88. The summed E-state index contributed by atoms with van der Waals surface area (Å²) >= 11 is 1.40. The first-order valence-corrected chi connectivity index (χ1v) is 23.8. The number of hydrazine groups is 1. The summed E-state index contributed by atoms with van der Waals surface area (Å²) in [5.41, 5.74) is 9.22. The van der Waals surface area contributed by atoms with E-state index in [9.17, 15) is 24.0 Å². The van der Waals surface area contributed by atoms with Crippen molar-refractivity contribution in [1.82, 2.24) is 40.1 Å². The summed E-state index contributed by atoms with van der Waals surface area (Å²) in [6, 6.07) is 7.54. The van der Waals surface area contributed by atoms with Crippen LogP contribution in [0.3, 0.4) is 0 Å². The highest BCUT2D eigenvalue weighted by Crippen LogP contribution is 2.42. The van der Waals surface area contributed by atoms with Gasteiger partial charge in [-0.25, -0.2) is 10.4 Å². The van der Waals surface area contributed by atoms with Crippen molar-refractivity contribution in [3.8, 4) is 22.5 Å². The van der Waals surface area contributed by atoms with Crippen molar-refractivity contribution < 1.29 is 33.4 Å². The number of likely N-dealkylation sites (N-methyl/N-ethyl adjacent to an activating group) is 1. The Bertz CT molecular complexity index is 2390. The Balaban J connectivity index is 1.43. The quantitative estimate of drug-likeness (QED) is 0.105. The maximum Gasteiger partial charge on any atom is 0.324 e. The van der Waals surface area contributed by atoms with E-state index in [1.807, 2.05) is 39.1 Å². The Kier molecular flexibility index (Phi) is 16.0. The second-order valence-electron chi connectivity index (χ2n) is 18.1. The van der Waals surface area contributed by atoms with E-state index in [0.717, 1.165) is 44.7 Å². The molecule has 0 radical (unpaired) electrons. The zero-order valence-corrected chi connectivity index (χ0v) is 40.3. The Morgan fingerprint density at radius 2 is 1.92 bits per heavy atom. The second kappa shape index (κ2) is 21.2. The number of carbonyl (C=O) groups excluding carboxylic acids is 5. The number of thiazole rings is 1. The number of amides is 4. The van der Waals surface area contributed by atoms with E-state index in [1.165, 1.54) is 32.2 Å². The molecule has 3 unspecified atom stereocenters. The molecule has 65 heavy (non-hydrogen) atoms. The molecule has 3 aromatic heterocycles. The number of fused-ring (bicyclic) bond motifs is 6. The largest absolute Gasteiger partial charge is 0.464 e. The number of esters is 1. The lowest BCUT2D eigenvalue weighted by Crippen LogP contribution is -2.62. The lowest BCUT2D eigenvalue weighted by molar-refractivity contribution is -0.155. The monoisotopic (exact) mass is 910 g/mol. The number of methoxy groups -OCH3 is 1. The van der Waals surface area contributed by atoms with Gasteiger partial charge in [-0.2, -0.15) is 0 Å². The van der Waals surface area contributed by atoms with Crippen molar-refractivity contribution in [2.45, 2.75) is 118 Å². The Hall–Kier alpha value is -5.45. The van der Waals surface area contributed by atoms with E-state index in [2.05, 4.69) is 66.9 Å². The molecule has 2 aliphatic rings. The van der Waals surface area contributed by atoms with E-state index in [4.69, 9.17) is 19.4 Å². The van der Waals surface area contributed by atoms with Crippen molar-refractivity contribution in [2.75, 3.05) is 39.9 Å². The summed E-state index contributed by atoms with van der Waals surface area (Å²) in [7, 11) is 1.68. The van der Waals surface area contributed by atoms with Gasteiger partial charge in [0, 0.05) is 78.7 Å². The van der Waals surface area contributed by atoms with Crippen LogP contribution in [0.15, 0.2) is 54.6 Å². The zero-order valence-electron chi connectivity index (χ0n) is 39.4. The maximum atomic E-state index is 14.7. The van der Waals surface area contributed by atoms with Crippen LogP contribution in [0, 0.1) is 11.3 Å². The first kappa shape index (κ1) is 49.0. The number of cyclic esters (lactones) is 1. The highest BCUT2D eigenvalue weighted by molar-refractivity contribution is 7.10. The molecule has 2 aliphatic heterocycles. The van der Waals surface area contributed by atoms with E-state index in [1.54, 1.807) is 20.2 Å². The van der Waals surface area contributed by atoms with Crippen LogP contribution in [0.25, 0.3) is 33.4 Å². The number of hydrogen-bond donors (Lipinski definition) is 2. The number of carbonyl (C=O) groups is 5. The molecular formula is C49H66N8O7S. The Labute approximate surface area is 386 Å². The molecule has 0 aliphatic carbocycles. The van der Waals surface area contributed by atoms with E-state index in [-0.39, 0.29) is 50.0 Å². The summed E-state index contributed by atoms with van der Waals surface area (Å²) in [6.45, 7) is 20.7. The fraction of sp³-hybridized carbons (Fsp3) is 0.531. The van der Waals surface area contributed by atoms with Crippen LogP contribution in [0.1, 0.15) is 97.0 Å². The number of nitrogens with one attached hydrogen (secondary N) is 2. The average Bonchev–Trinajstić information content (AvgIpc) is 3.89. The molecule has 16 heteroatoms. The SMILES string of the molecule is C=CC(=O)N(CC)CC(=O)N(CCC)C(C(=O)NC1Cc2nc(cs2)-c2ccc3c(c2)c(c(-c2cccnc2C(C)OC)n3CC)CC(C)(C)COC(=O)[C@@H]2CCCN(N2)C1=O)C(C)C. The number of aromatic nitrogens is 3. The molecule has 4 atom stereocenters. The van der Waals surface area contributed by atoms with E-state index < -0.39 is 41.3 Å². The maximum absolute atomic E-state index is 14.7. The number of aryl methyl sites for hydroxylation is 1. The molecule has 0 saturated carbocycles. The number of ether oxygens (including phenoxy) is 2. The fourth-order valence-corrected chi connectivity index (χ4v) is 9.86. The predicted molar refractivity (Wildman–Crippen MR) is 252 cm³/mol. The minimum atomic E-state index is -1.10. The molecule has 6 rings (SSSR count). The molecule has 0 spiro atoms. The molecule has 1 saturated heterocycles. The minimum Gasteiger partial charge on any atom is -0.464 e. The summed E-state index contributed by atoms with van der Waals surface area (Å²) < 4.78 is 14.2. The molecule has 2 N–H and O–H groups in total. The van der Waals surface area contributed by atoms with Crippen molar-refractivity contribution in [1.29, 1.82) is 0 Å². The van der Waals surface area contributed by atoms with Gasteiger partial charge >= 0.3 is 5.97 Å². The molecule has 5 heterocycles. The van der Waals surface area contributed by atoms with Crippen LogP contribution in [-0.2, 0) is 52.8 Å². The molecule has 4 amide bonds. The summed E-state index contributed by atoms with van der Waals surface area (Å²) in [4.78, 5) is 82.3. The number of rotatable bonds is 14. The topological polar surface area (TPSA) is 168 Å². The van der Waals surface area contributed by atoms with Crippen molar-refractivity contribution in [2.24, 2.45) is 11.3 Å². The lowest BCUT2D eigenvalue weighted by Gasteiger charge is -2.37. The zero-order chi connectivity index (χ0) is 47.2. The molecule has 15 nitrogen and oxygen atoms in total. The third-order valence-electron chi connectivity index (χ3n) is 12.4. The summed E-state index contributed by atoms with van der Waals surface area (Å²) in [5.74, 6) is -2.51. The molecule has 1 aromatic carbocycles. The lowest BCUT2D eigenvalue weighted by atomic mass is 9.84. The highest BCUT2D eigenvalue weighted by atomic mass is 32.1. The highest BCUT2D eigenvalue weighted by Gasteiger charge is 2.39. The number of pyridine rings is 1. The van der Waals surface area contributed by atoms with Gasteiger partial charge in [0.15, 0.2) is 0 Å². The number of benzene rings is 1. The smallest absolute Gasteiger partial charge is 0.324 e. The van der Waals surface area contributed by atoms with Gasteiger partial charge in [-0.05, 0) is 88.3 Å². The first-order valence-electron chi connectivity index (χ1n) is 22.9. The summed E-state index contributed by atoms with van der Waals surface area (Å²) in [5, 5.41) is 8.08. The van der Waals surface area contributed by atoms with Gasteiger partial charge in [-0.15, -0.1) is 11.3 Å². The van der Waals surface area contributed by atoms with Crippen LogP contribution < -0.4 is 10.7 Å². The van der Waals surface area contributed by atoms with Crippen LogP contribution in [0.4, 0.5) is 0 Å². The average molecular weight is 911 g/mol. The normalized spacial score (nSPS) is 18.7. The van der Waals surface area contributed by atoms with Crippen molar-refractivity contribution in [3.05, 3.63) is 70.8 Å². The first-order chi connectivity index (χ1) is 31.1. The molecular weight excluding hydrogens is 845 g/mol. The van der Waals surface area contributed by atoms with Gasteiger partial charge < -0.3 is 29.2 Å². The van der Waals surface area contributed by atoms with Crippen LogP contribution in [-0.4, -0.2) is 117 Å². The van der Waals surface area contributed by atoms with Crippen molar-refractivity contribution in [3.63, 3.8) is 0 Å². The van der Waals surface area contributed by atoms with Gasteiger partial charge in [0.1, 0.15) is 24.7 Å². The Morgan fingerprint density at radius 1 is 1.15 bits per heavy atom. The Morgan fingerprint density at radius 3 is 2.60 bits per heavy atom. The number of hydrogen-bond acceptors (Lipinski definition) is 11. The third kappa shape index (κ3) is 10.8. The van der Waals surface area contributed by atoms with Gasteiger partial charge in [0.2, 0.25) is 17.7 Å². The van der Waals surface area contributed by atoms with Crippen LogP contribution in [0.5, 0.6) is 0 Å². The van der Waals surface area contributed by atoms with E-state index in [0.29, 0.717) is 50.3 Å². The van der Waals surface area contributed by atoms with Gasteiger partial charge in [-0.1, -0.05) is 47.3 Å². The predicted octanol–water partition coefficient (Wildman–Crippen LogP) is 6.50. The van der Waals surface area contributed by atoms with Gasteiger partial charge in [0.05, 0.1) is 34.8 Å². The second-order valence-corrected chi connectivity index (χ2v) is 19.0. The van der Waals surface area contributed by atoms with Gasteiger partial charge in [-0.3, -0.25) is 34.0 Å². The number of nitrogens with zero attached hydrogens (tertiary/aromatic N) is 6. The molecule has 350 valence electrons.